The van der Waals surface area contributed by atoms with E-state index in [2.05, 4.69) is 11.9 Å². The normalized spacial score (nSPS) is 16.3. The van der Waals surface area contributed by atoms with Crippen molar-refractivity contribution in [2.24, 2.45) is 10.7 Å². The quantitative estimate of drug-likeness (QED) is 0.618. The van der Waals surface area contributed by atoms with Crippen LogP contribution in [0.1, 0.15) is 38.2 Å². The second kappa shape index (κ2) is 7.88. The van der Waals surface area contributed by atoms with Crippen molar-refractivity contribution in [2.45, 2.75) is 32.6 Å². The van der Waals surface area contributed by atoms with Crippen molar-refractivity contribution < 1.29 is 9.53 Å². The Balaban J connectivity index is 2.01. The minimum atomic E-state index is -0.282. The number of nitrogens with two attached hydrogens (primary N) is 1. The van der Waals surface area contributed by atoms with E-state index < -0.39 is 0 Å². The second-order valence-corrected chi connectivity index (χ2v) is 5.88. The average Bonchev–Trinajstić information content (AvgIpc) is 2.78. The first-order valence-electron chi connectivity index (χ1n) is 7.20. The summed E-state index contributed by atoms with van der Waals surface area (Å²) in [6, 6.07) is 7.69. The van der Waals surface area contributed by atoms with E-state index in [-0.39, 0.29) is 5.91 Å². The Morgan fingerprint density at radius 3 is 2.81 bits per heavy atom. The highest BCUT2D eigenvalue weighted by atomic mass is 32.2. The molecule has 0 atom stereocenters. The molecule has 1 amide bonds. The standard InChI is InChI=1S/C16H20N2O2S/c1-2-3-4-7-10-20-13-9-6-5-8-12(13)11-14-15(19)18-16(17)21-14/h5-6,8-9,11H,2-4,7,10H2,1H3,(H2,17,18,19)/b14-11-. The highest BCUT2D eigenvalue weighted by Gasteiger charge is 2.19. The Hall–Kier alpha value is -1.75. The maximum Gasteiger partial charge on any atom is 0.286 e. The molecule has 0 fully saturated rings. The first-order chi connectivity index (χ1) is 10.2. The molecule has 0 aromatic heterocycles. The second-order valence-electron chi connectivity index (χ2n) is 4.81. The molecule has 1 aliphatic rings. The molecule has 0 saturated carbocycles. The third kappa shape index (κ3) is 4.63. The lowest BCUT2D eigenvalue weighted by Gasteiger charge is -2.09. The van der Waals surface area contributed by atoms with Crippen molar-refractivity contribution in [1.29, 1.82) is 0 Å². The van der Waals surface area contributed by atoms with Crippen molar-refractivity contribution in [1.82, 2.24) is 0 Å². The van der Waals surface area contributed by atoms with E-state index in [1.54, 1.807) is 6.08 Å². The molecule has 0 aliphatic carbocycles. The summed E-state index contributed by atoms with van der Waals surface area (Å²) in [5.74, 6) is 0.510. The van der Waals surface area contributed by atoms with Crippen molar-refractivity contribution in [3.05, 3.63) is 34.7 Å². The summed E-state index contributed by atoms with van der Waals surface area (Å²) in [6.45, 7) is 2.88. The number of carbonyl (C=O) groups excluding carboxylic acids is 1. The Labute approximate surface area is 129 Å². The van der Waals surface area contributed by atoms with Gasteiger partial charge in [-0.1, -0.05) is 44.4 Å². The molecule has 1 aromatic rings. The van der Waals surface area contributed by atoms with Gasteiger partial charge in [0.1, 0.15) is 5.75 Å². The van der Waals surface area contributed by atoms with Crippen LogP contribution in [0, 0.1) is 0 Å². The summed E-state index contributed by atoms with van der Waals surface area (Å²) in [7, 11) is 0. The van der Waals surface area contributed by atoms with Crippen LogP contribution < -0.4 is 10.5 Å². The summed E-state index contributed by atoms with van der Waals surface area (Å²) in [5, 5.41) is 0.296. The highest BCUT2D eigenvalue weighted by molar-refractivity contribution is 8.18. The Morgan fingerprint density at radius 2 is 2.10 bits per heavy atom. The van der Waals surface area contributed by atoms with Gasteiger partial charge in [-0.15, -0.1) is 0 Å². The molecule has 1 heterocycles. The van der Waals surface area contributed by atoms with Gasteiger partial charge in [0, 0.05) is 5.56 Å². The first kappa shape index (κ1) is 15.6. The highest BCUT2D eigenvalue weighted by Crippen LogP contribution is 2.29. The fourth-order valence-electron chi connectivity index (χ4n) is 2.01. The molecule has 1 aromatic carbocycles. The lowest BCUT2D eigenvalue weighted by molar-refractivity contribution is -0.113. The molecule has 4 nitrogen and oxygen atoms in total. The number of benzene rings is 1. The first-order valence-corrected chi connectivity index (χ1v) is 8.02. The number of unbranched alkanes of at least 4 members (excludes halogenated alkanes) is 3. The van der Waals surface area contributed by atoms with Crippen molar-refractivity contribution >= 4 is 28.9 Å². The molecule has 1 aliphatic heterocycles. The number of amides is 1. The Bertz CT molecular complexity index is 567. The number of thioether (sulfide) groups is 1. The van der Waals surface area contributed by atoms with Gasteiger partial charge in [-0.25, -0.2) is 0 Å². The van der Waals surface area contributed by atoms with Gasteiger partial charge in [-0.05, 0) is 30.3 Å². The number of nitrogens with zero attached hydrogens (tertiary/aromatic N) is 1. The van der Waals surface area contributed by atoms with Crippen LogP contribution in [-0.4, -0.2) is 17.7 Å². The van der Waals surface area contributed by atoms with Crippen LogP contribution in [0.5, 0.6) is 5.75 Å². The fourth-order valence-corrected chi connectivity index (χ4v) is 2.68. The lowest BCUT2D eigenvalue weighted by atomic mass is 10.2. The van der Waals surface area contributed by atoms with Crippen molar-refractivity contribution in [2.75, 3.05) is 6.61 Å². The number of rotatable bonds is 7. The number of para-hydroxylation sites is 1. The van der Waals surface area contributed by atoms with Crippen LogP contribution >= 0.6 is 11.8 Å². The summed E-state index contributed by atoms with van der Waals surface area (Å²) in [4.78, 5) is 15.9. The number of amidine groups is 1. The molecule has 2 N–H and O–H groups in total. The summed E-state index contributed by atoms with van der Waals surface area (Å²) < 4.78 is 5.82. The Morgan fingerprint density at radius 1 is 1.29 bits per heavy atom. The van der Waals surface area contributed by atoms with Crippen LogP contribution in [0.4, 0.5) is 0 Å². The predicted octanol–water partition coefficient (Wildman–Crippen LogP) is 3.57. The van der Waals surface area contributed by atoms with Crippen LogP contribution in [0.2, 0.25) is 0 Å². The zero-order valence-corrected chi connectivity index (χ0v) is 13.0. The molecular formula is C16H20N2O2S. The molecule has 2 rings (SSSR count). The predicted molar refractivity (Wildman–Crippen MR) is 88.3 cm³/mol. The molecule has 5 heteroatoms. The van der Waals surface area contributed by atoms with Gasteiger partial charge in [0.25, 0.3) is 5.91 Å². The average molecular weight is 304 g/mol. The van der Waals surface area contributed by atoms with E-state index in [0.717, 1.165) is 17.7 Å². The van der Waals surface area contributed by atoms with Gasteiger partial charge in [0.05, 0.1) is 11.5 Å². The van der Waals surface area contributed by atoms with E-state index in [1.165, 1.54) is 31.0 Å². The minimum Gasteiger partial charge on any atom is -0.493 e. The SMILES string of the molecule is CCCCCCOc1ccccc1/C=C1\SC(N)=NC1=O. The molecule has 0 unspecified atom stereocenters. The van der Waals surface area contributed by atoms with Crippen molar-refractivity contribution in [3.63, 3.8) is 0 Å². The largest absolute Gasteiger partial charge is 0.493 e. The summed E-state index contributed by atoms with van der Waals surface area (Å²) >= 11 is 1.20. The van der Waals surface area contributed by atoms with Gasteiger partial charge < -0.3 is 10.5 Å². The molecule has 0 spiro atoms. The zero-order chi connectivity index (χ0) is 15.1. The minimum absolute atomic E-state index is 0.282. The van der Waals surface area contributed by atoms with Gasteiger partial charge in [-0.2, -0.15) is 4.99 Å². The fraction of sp³-hybridized carbons (Fsp3) is 0.375. The van der Waals surface area contributed by atoms with Gasteiger partial charge in [0.15, 0.2) is 5.17 Å². The van der Waals surface area contributed by atoms with Crippen LogP contribution in [0.15, 0.2) is 34.2 Å². The molecule has 21 heavy (non-hydrogen) atoms. The van der Waals surface area contributed by atoms with Gasteiger partial charge in [-0.3, -0.25) is 4.79 Å². The monoisotopic (exact) mass is 304 g/mol. The Kier molecular flexibility index (Phi) is 5.87. The van der Waals surface area contributed by atoms with Crippen LogP contribution in [-0.2, 0) is 4.79 Å². The number of aliphatic imine (C=N–C) groups is 1. The third-order valence-electron chi connectivity index (χ3n) is 3.10. The number of hydrogen-bond acceptors (Lipinski definition) is 4. The van der Waals surface area contributed by atoms with Crippen molar-refractivity contribution in [3.8, 4) is 5.75 Å². The topological polar surface area (TPSA) is 64.7 Å². The smallest absolute Gasteiger partial charge is 0.286 e. The van der Waals surface area contributed by atoms with Gasteiger partial charge >= 0.3 is 0 Å². The summed E-state index contributed by atoms with van der Waals surface area (Å²) in [6.07, 6.45) is 6.46. The molecule has 112 valence electrons. The van der Waals surface area contributed by atoms with E-state index in [0.29, 0.717) is 16.7 Å². The van der Waals surface area contributed by atoms with E-state index in [1.807, 2.05) is 24.3 Å². The third-order valence-corrected chi connectivity index (χ3v) is 3.91. The van der Waals surface area contributed by atoms with E-state index >= 15 is 0 Å². The van der Waals surface area contributed by atoms with E-state index in [4.69, 9.17) is 10.5 Å². The number of carbonyl (C=O) groups is 1. The lowest BCUT2D eigenvalue weighted by Crippen LogP contribution is -2.01. The van der Waals surface area contributed by atoms with Crippen LogP contribution in [0.25, 0.3) is 6.08 Å². The summed E-state index contributed by atoms with van der Waals surface area (Å²) in [5.41, 5.74) is 6.44. The van der Waals surface area contributed by atoms with E-state index in [9.17, 15) is 4.79 Å². The molecule has 0 bridgehead atoms. The molecule has 0 radical (unpaired) electrons. The maximum absolute atomic E-state index is 11.6. The number of hydrogen-bond donors (Lipinski definition) is 1. The molecule has 0 saturated heterocycles. The van der Waals surface area contributed by atoms with Crippen LogP contribution in [0.3, 0.4) is 0 Å². The maximum atomic E-state index is 11.6. The number of ether oxygens (including phenoxy) is 1. The van der Waals surface area contributed by atoms with Gasteiger partial charge in [0.2, 0.25) is 0 Å². The molecular weight excluding hydrogens is 284 g/mol. The zero-order valence-electron chi connectivity index (χ0n) is 12.2.